The maximum absolute atomic E-state index is 13.4. The van der Waals surface area contributed by atoms with Gasteiger partial charge in [-0.15, -0.1) is 0 Å². The van der Waals surface area contributed by atoms with Crippen LogP contribution in [0, 0.1) is 6.92 Å². The normalized spacial score (nSPS) is 26.1. The van der Waals surface area contributed by atoms with E-state index in [-0.39, 0.29) is 6.42 Å². The molecule has 2 aromatic rings. The first-order valence-corrected chi connectivity index (χ1v) is 5.48. The fourth-order valence-electron chi connectivity index (χ4n) is 2.28. The van der Waals surface area contributed by atoms with Gasteiger partial charge in [0.1, 0.15) is 5.54 Å². The molecule has 0 amide bonds. The summed E-state index contributed by atoms with van der Waals surface area (Å²) in [4.78, 5) is 4.32. The third kappa shape index (κ3) is 1.37. The molecule has 1 atom stereocenters. The molecule has 1 fully saturated rings. The number of hydrogen-bond donors (Lipinski definition) is 1. The van der Waals surface area contributed by atoms with Gasteiger partial charge in [0.15, 0.2) is 0 Å². The summed E-state index contributed by atoms with van der Waals surface area (Å²) in [5.41, 5.74) is 6.23. The topological polar surface area (TPSA) is 38.9 Å². The molecular formula is C13H12F2N2. The van der Waals surface area contributed by atoms with Gasteiger partial charge in [-0.3, -0.25) is 4.98 Å². The number of pyridine rings is 1. The van der Waals surface area contributed by atoms with E-state index in [9.17, 15) is 8.78 Å². The third-order valence-electron chi connectivity index (χ3n) is 3.35. The van der Waals surface area contributed by atoms with Gasteiger partial charge in [-0.25, -0.2) is 8.78 Å². The summed E-state index contributed by atoms with van der Waals surface area (Å²) >= 11 is 0. The Labute approximate surface area is 97.5 Å². The van der Waals surface area contributed by atoms with Gasteiger partial charge in [0.05, 0.1) is 5.52 Å². The molecule has 2 N–H and O–H groups in total. The molecule has 0 radical (unpaired) electrons. The smallest absolute Gasteiger partial charge is 0.272 e. The second-order valence-corrected chi connectivity index (χ2v) is 4.68. The number of nitrogens with zero attached hydrogens (tertiary/aromatic N) is 1. The molecule has 3 rings (SSSR count). The van der Waals surface area contributed by atoms with Crippen LogP contribution >= 0.6 is 0 Å². The fourth-order valence-corrected chi connectivity index (χ4v) is 2.28. The van der Waals surface area contributed by atoms with Gasteiger partial charge in [0, 0.05) is 17.5 Å². The lowest BCUT2D eigenvalue weighted by Gasteiger charge is -2.14. The Morgan fingerprint density at radius 3 is 2.59 bits per heavy atom. The minimum atomic E-state index is -2.80. The zero-order chi connectivity index (χ0) is 12.3. The average Bonchev–Trinajstić information content (AvgIpc) is 2.78. The highest BCUT2D eigenvalue weighted by Gasteiger charge is 2.70. The minimum Gasteiger partial charge on any atom is -0.316 e. The maximum atomic E-state index is 13.4. The van der Waals surface area contributed by atoms with Crippen molar-refractivity contribution in [2.45, 2.75) is 24.8 Å². The van der Waals surface area contributed by atoms with Gasteiger partial charge in [-0.05, 0) is 24.6 Å². The van der Waals surface area contributed by atoms with Gasteiger partial charge in [-0.2, -0.15) is 0 Å². The fraction of sp³-hybridized carbons (Fsp3) is 0.308. The van der Waals surface area contributed by atoms with Crippen molar-refractivity contribution in [3.05, 3.63) is 41.6 Å². The Morgan fingerprint density at radius 2 is 1.94 bits per heavy atom. The number of nitrogens with two attached hydrogens (primary N) is 1. The van der Waals surface area contributed by atoms with Gasteiger partial charge in [-0.1, -0.05) is 18.2 Å². The summed E-state index contributed by atoms with van der Waals surface area (Å²) in [7, 11) is 0. The maximum Gasteiger partial charge on any atom is 0.272 e. The van der Waals surface area contributed by atoms with E-state index in [2.05, 4.69) is 4.98 Å². The molecule has 1 heterocycles. The summed E-state index contributed by atoms with van der Waals surface area (Å²) in [6, 6.07) is 8.93. The third-order valence-corrected chi connectivity index (χ3v) is 3.35. The van der Waals surface area contributed by atoms with Crippen LogP contribution in [0.1, 0.15) is 17.7 Å². The van der Waals surface area contributed by atoms with Gasteiger partial charge in [0.25, 0.3) is 5.92 Å². The van der Waals surface area contributed by atoms with Crippen LogP contribution in [0.15, 0.2) is 30.3 Å². The zero-order valence-corrected chi connectivity index (χ0v) is 9.37. The van der Waals surface area contributed by atoms with E-state index < -0.39 is 11.5 Å². The second kappa shape index (κ2) is 3.01. The first kappa shape index (κ1) is 10.6. The van der Waals surface area contributed by atoms with Crippen LogP contribution in [-0.2, 0) is 5.54 Å². The molecule has 4 heteroatoms. The highest BCUT2D eigenvalue weighted by atomic mass is 19.3. The molecule has 0 bridgehead atoms. The Bertz CT molecular complexity index is 609. The lowest BCUT2D eigenvalue weighted by atomic mass is 9.99. The summed E-state index contributed by atoms with van der Waals surface area (Å²) in [6.07, 6.45) is -0.284. The van der Waals surface area contributed by atoms with E-state index in [4.69, 9.17) is 5.73 Å². The van der Waals surface area contributed by atoms with Crippen molar-refractivity contribution in [3.63, 3.8) is 0 Å². The zero-order valence-electron chi connectivity index (χ0n) is 9.37. The number of benzene rings is 1. The SMILES string of the molecule is Cc1cc(C2(N)CC2(F)F)c2ccccc2n1. The van der Waals surface area contributed by atoms with Crippen molar-refractivity contribution in [1.29, 1.82) is 0 Å². The van der Waals surface area contributed by atoms with Crippen LogP contribution in [0.3, 0.4) is 0 Å². The summed E-state index contributed by atoms with van der Waals surface area (Å²) in [5.74, 6) is -2.80. The number of halogens is 2. The largest absolute Gasteiger partial charge is 0.316 e. The second-order valence-electron chi connectivity index (χ2n) is 4.68. The quantitative estimate of drug-likeness (QED) is 0.824. The number of aromatic nitrogens is 1. The molecule has 0 spiro atoms. The van der Waals surface area contributed by atoms with Crippen LogP contribution in [0.25, 0.3) is 10.9 Å². The van der Waals surface area contributed by atoms with Crippen molar-refractivity contribution in [3.8, 4) is 0 Å². The minimum absolute atomic E-state index is 0.284. The molecule has 0 saturated heterocycles. The van der Waals surface area contributed by atoms with Crippen LogP contribution < -0.4 is 5.73 Å². The highest BCUT2D eigenvalue weighted by molar-refractivity contribution is 5.84. The van der Waals surface area contributed by atoms with Crippen molar-refractivity contribution in [2.75, 3.05) is 0 Å². The van der Waals surface area contributed by atoms with E-state index in [0.717, 1.165) is 10.9 Å². The molecule has 17 heavy (non-hydrogen) atoms. The van der Waals surface area contributed by atoms with E-state index in [1.165, 1.54) is 0 Å². The van der Waals surface area contributed by atoms with E-state index in [1.54, 1.807) is 19.1 Å². The standard InChI is InChI=1S/C13H12F2N2/c1-8-6-10(12(16)7-13(12,14)15)9-4-2-3-5-11(9)17-8/h2-6H,7,16H2,1H3. The molecule has 0 aliphatic heterocycles. The Morgan fingerprint density at radius 1 is 1.29 bits per heavy atom. The Balaban J connectivity index is 2.30. The predicted molar refractivity (Wildman–Crippen MR) is 61.9 cm³/mol. The molecule has 1 aliphatic carbocycles. The molecule has 1 saturated carbocycles. The van der Waals surface area contributed by atoms with Crippen molar-refractivity contribution >= 4 is 10.9 Å². The molecule has 88 valence electrons. The lowest BCUT2D eigenvalue weighted by molar-refractivity contribution is 0.0894. The molecule has 2 nitrogen and oxygen atoms in total. The highest BCUT2D eigenvalue weighted by Crippen LogP contribution is 2.58. The lowest BCUT2D eigenvalue weighted by Crippen LogP contribution is -2.27. The first-order valence-electron chi connectivity index (χ1n) is 5.48. The summed E-state index contributed by atoms with van der Waals surface area (Å²) < 4.78 is 26.8. The summed E-state index contributed by atoms with van der Waals surface area (Å²) in [6.45, 7) is 1.79. The summed E-state index contributed by atoms with van der Waals surface area (Å²) in [5, 5.41) is 0.720. The van der Waals surface area contributed by atoms with Gasteiger partial charge < -0.3 is 5.73 Å². The average molecular weight is 234 g/mol. The molecule has 1 aliphatic rings. The number of alkyl halides is 2. The molecular weight excluding hydrogens is 222 g/mol. The molecule has 1 aromatic carbocycles. The van der Waals surface area contributed by atoms with E-state index in [0.29, 0.717) is 11.3 Å². The molecule has 1 aromatic heterocycles. The number of hydrogen-bond acceptors (Lipinski definition) is 2. The number of fused-ring (bicyclic) bond motifs is 1. The van der Waals surface area contributed by atoms with Crippen LogP contribution in [0.2, 0.25) is 0 Å². The van der Waals surface area contributed by atoms with Crippen LogP contribution in [0.5, 0.6) is 0 Å². The Kier molecular flexibility index (Phi) is 1.88. The van der Waals surface area contributed by atoms with Gasteiger partial charge >= 0.3 is 0 Å². The number of aryl methyl sites for hydroxylation is 1. The van der Waals surface area contributed by atoms with Crippen molar-refractivity contribution in [2.24, 2.45) is 5.73 Å². The van der Waals surface area contributed by atoms with E-state index in [1.807, 2.05) is 18.2 Å². The van der Waals surface area contributed by atoms with Crippen LogP contribution in [-0.4, -0.2) is 10.9 Å². The predicted octanol–water partition coefficient (Wildman–Crippen LogP) is 2.74. The Hall–Kier alpha value is -1.55. The number of rotatable bonds is 1. The van der Waals surface area contributed by atoms with Crippen LogP contribution in [0.4, 0.5) is 8.78 Å². The van der Waals surface area contributed by atoms with E-state index >= 15 is 0 Å². The van der Waals surface area contributed by atoms with Gasteiger partial charge in [0.2, 0.25) is 0 Å². The van der Waals surface area contributed by atoms with Crippen molar-refractivity contribution < 1.29 is 8.78 Å². The van der Waals surface area contributed by atoms with Crippen molar-refractivity contribution in [1.82, 2.24) is 4.98 Å². The molecule has 1 unspecified atom stereocenters. The first-order chi connectivity index (χ1) is 7.94. The monoisotopic (exact) mass is 234 g/mol. The number of para-hydroxylation sites is 1.